The summed E-state index contributed by atoms with van der Waals surface area (Å²) in [7, 11) is 0. The fourth-order valence-corrected chi connectivity index (χ4v) is 4.44. The minimum Gasteiger partial charge on any atom is -0.306 e. The number of nitrogens with one attached hydrogen (secondary N) is 1. The average molecular weight is 394 g/mol. The Morgan fingerprint density at radius 2 is 1.89 bits per heavy atom. The van der Waals surface area contributed by atoms with Crippen molar-refractivity contribution in [2.75, 3.05) is 5.32 Å². The van der Waals surface area contributed by atoms with Gasteiger partial charge in [-0.15, -0.1) is 0 Å². The lowest BCUT2D eigenvalue weighted by molar-refractivity contribution is -0.385. The molecule has 1 N–H and O–H groups in total. The van der Waals surface area contributed by atoms with Gasteiger partial charge < -0.3 is 5.32 Å². The van der Waals surface area contributed by atoms with Crippen LogP contribution in [0.1, 0.15) is 32.7 Å². The maximum Gasteiger partial charge on any atom is 0.282 e. The Kier molecular flexibility index (Phi) is 4.64. The summed E-state index contributed by atoms with van der Waals surface area (Å²) in [5, 5.41) is 18.9. The molecule has 7 nitrogen and oxygen atoms in total. The predicted octanol–water partition coefficient (Wildman–Crippen LogP) is 4.40. The molecule has 1 aromatic heterocycles. The van der Waals surface area contributed by atoms with E-state index < -0.39 is 10.8 Å². The highest BCUT2D eigenvalue weighted by Crippen LogP contribution is 2.36. The smallest absolute Gasteiger partial charge is 0.282 e. The maximum atomic E-state index is 12.9. The zero-order valence-corrected chi connectivity index (χ0v) is 16.2. The number of nitro benzene ring substituents is 1. The Hall–Kier alpha value is -3.13. The molecule has 0 aliphatic carbocycles. The molecule has 1 aliphatic rings. The third-order valence-electron chi connectivity index (χ3n) is 4.58. The van der Waals surface area contributed by atoms with Gasteiger partial charge in [-0.3, -0.25) is 14.9 Å². The van der Waals surface area contributed by atoms with E-state index in [0.29, 0.717) is 5.82 Å². The number of para-hydroxylation sites is 1. The van der Waals surface area contributed by atoms with Crippen LogP contribution in [0.25, 0.3) is 5.69 Å². The van der Waals surface area contributed by atoms with Crippen molar-refractivity contribution in [2.24, 2.45) is 0 Å². The summed E-state index contributed by atoms with van der Waals surface area (Å²) in [6, 6.07) is 12.0. The van der Waals surface area contributed by atoms with Crippen molar-refractivity contribution in [3.05, 3.63) is 80.5 Å². The summed E-state index contributed by atoms with van der Waals surface area (Å²) in [5.41, 5.74) is 4.75. The standard InChI is InChI=1S/C20H18N4O3S/c1-12-7-13(2)9-14(8-12)23-19(16-10-28-11-17(16)22-23)21-20(25)15-5-3-4-6-18(15)24(26)27/h3-9H,10-11H2,1-2H3,(H,21,25). The first-order valence-electron chi connectivity index (χ1n) is 8.76. The van der Waals surface area contributed by atoms with Gasteiger partial charge in [0.15, 0.2) is 0 Å². The number of hydrogen-bond donors (Lipinski definition) is 1. The van der Waals surface area contributed by atoms with Crippen LogP contribution in [-0.4, -0.2) is 20.6 Å². The largest absolute Gasteiger partial charge is 0.306 e. The van der Waals surface area contributed by atoms with E-state index in [2.05, 4.69) is 11.4 Å². The highest BCUT2D eigenvalue weighted by atomic mass is 32.2. The number of aryl methyl sites for hydroxylation is 2. The van der Waals surface area contributed by atoms with Crippen LogP contribution < -0.4 is 5.32 Å². The van der Waals surface area contributed by atoms with Crippen LogP contribution in [0.15, 0.2) is 42.5 Å². The molecule has 1 aliphatic heterocycles. The van der Waals surface area contributed by atoms with Gasteiger partial charge in [0.25, 0.3) is 11.6 Å². The number of rotatable bonds is 4. The van der Waals surface area contributed by atoms with Gasteiger partial charge in [-0.25, -0.2) is 4.68 Å². The molecule has 8 heteroatoms. The number of benzene rings is 2. The fraction of sp³-hybridized carbons (Fsp3) is 0.200. The van der Waals surface area contributed by atoms with Crippen LogP contribution in [0, 0.1) is 24.0 Å². The molecule has 4 rings (SSSR count). The topological polar surface area (TPSA) is 90.1 Å². The number of nitro groups is 1. The Morgan fingerprint density at radius 1 is 1.18 bits per heavy atom. The number of nitrogens with zero attached hydrogens (tertiary/aromatic N) is 3. The minimum atomic E-state index is -0.545. The van der Waals surface area contributed by atoms with Crippen molar-refractivity contribution in [3.63, 3.8) is 0 Å². The van der Waals surface area contributed by atoms with Gasteiger partial charge >= 0.3 is 0 Å². The van der Waals surface area contributed by atoms with Crippen LogP contribution >= 0.6 is 11.8 Å². The molecule has 0 saturated carbocycles. The lowest BCUT2D eigenvalue weighted by Gasteiger charge is -2.12. The van der Waals surface area contributed by atoms with Crippen molar-refractivity contribution in [1.82, 2.24) is 9.78 Å². The van der Waals surface area contributed by atoms with Crippen LogP contribution in [0.5, 0.6) is 0 Å². The number of fused-ring (bicyclic) bond motifs is 1. The van der Waals surface area contributed by atoms with E-state index in [0.717, 1.165) is 39.6 Å². The summed E-state index contributed by atoms with van der Waals surface area (Å²) < 4.78 is 1.73. The summed E-state index contributed by atoms with van der Waals surface area (Å²) >= 11 is 1.73. The SMILES string of the molecule is Cc1cc(C)cc(-n2nc3c(c2NC(=O)c2ccccc2[N+](=O)[O-])CSC3)c1. The zero-order valence-electron chi connectivity index (χ0n) is 15.4. The number of carbonyl (C=O) groups excluding carboxylic acids is 1. The third-order valence-corrected chi connectivity index (χ3v) is 5.55. The Labute approximate surface area is 165 Å². The van der Waals surface area contributed by atoms with Gasteiger partial charge in [-0.05, 0) is 43.2 Å². The molecule has 0 saturated heterocycles. The first-order chi connectivity index (χ1) is 13.4. The van der Waals surface area contributed by atoms with E-state index in [1.807, 2.05) is 26.0 Å². The van der Waals surface area contributed by atoms with E-state index in [1.165, 1.54) is 12.1 Å². The van der Waals surface area contributed by atoms with E-state index >= 15 is 0 Å². The first kappa shape index (κ1) is 18.2. The Balaban J connectivity index is 1.78. The molecule has 1 amide bonds. The van der Waals surface area contributed by atoms with Gasteiger partial charge in [0.2, 0.25) is 0 Å². The molecule has 28 heavy (non-hydrogen) atoms. The minimum absolute atomic E-state index is 0.0278. The third kappa shape index (κ3) is 3.27. The van der Waals surface area contributed by atoms with E-state index in [4.69, 9.17) is 5.10 Å². The molecule has 0 fully saturated rings. The fourth-order valence-electron chi connectivity index (χ4n) is 3.40. The molecule has 0 bridgehead atoms. The summed E-state index contributed by atoms with van der Waals surface area (Å²) in [6.07, 6.45) is 0. The van der Waals surface area contributed by atoms with Gasteiger partial charge in [-0.2, -0.15) is 16.9 Å². The monoisotopic (exact) mass is 394 g/mol. The quantitative estimate of drug-likeness (QED) is 0.523. The first-order valence-corrected chi connectivity index (χ1v) is 9.91. The molecule has 2 aromatic carbocycles. The summed E-state index contributed by atoms with van der Waals surface area (Å²) in [5.74, 6) is 1.58. The molecular formula is C20H18N4O3S. The summed E-state index contributed by atoms with van der Waals surface area (Å²) in [6.45, 7) is 4.02. The highest BCUT2D eigenvalue weighted by molar-refractivity contribution is 7.98. The second-order valence-corrected chi connectivity index (χ2v) is 7.74. The maximum absolute atomic E-state index is 12.9. The number of hydrogen-bond acceptors (Lipinski definition) is 5. The van der Waals surface area contributed by atoms with Gasteiger partial charge in [0.05, 0.1) is 16.3 Å². The van der Waals surface area contributed by atoms with Crippen LogP contribution in [0.4, 0.5) is 11.5 Å². The Morgan fingerprint density at radius 3 is 2.61 bits per heavy atom. The van der Waals surface area contributed by atoms with Crippen LogP contribution in [-0.2, 0) is 11.5 Å². The van der Waals surface area contributed by atoms with Crippen molar-refractivity contribution < 1.29 is 9.72 Å². The molecule has 142 valence electrons. The van der Waals surface area contributed by atoms with Gasteiger partial charge in [0.1, 0.15) is 11.4 Å². The van der Waals surface area contributed by atoms with Crippen molar-refractivity contribution in [2.45, 2.75) is 25.4 Å². The normalized spacial score (nSPS) is 12.6. The molecule has 0 radical (unpaired) electrons. The van der Waals surface area contributed by atoms with E-state index in [9.17, 15) is 14.9 Å². The molecule has 3 aromatic rings. The molecule has 0 unspecified atom stereocenters. The zero-order chi connectivity index (χ0) is 19.8. The molecule has 2 heterocycles. The van der Waals surface area contributed by atoms with Crippen molar-refractivity contribution >= 4 is 29.2 Å². The molecule has 0 spiro atoms. The van der Waals surface area contributed by atoms with Crippen LogP contribution in [0.2, 0.25) is 0 Å². The molecular weight excluding hydrogens is 376 g/mol. The van der Waals surface area contributed by atoms with Gasteiger partial charge in [-0.1, -0.05) is 18.2 Å². The van der Waals surface area contributed by atoms with Gasteiger partial charge in [0, 0.05) is 23.1 Å². The second-order valence-electron chi connectivity index (χ2n) is 6.75. The Bertz CT molecular complexity index is 1090. The lowest BCUT2D eigenvalue weighted by Crippen LogP contribution is -2.17. The van der Waals surface area contributed by atoms with Crippen molar-refractivity contribution in [3.8, 4) is 5.69 Å². The summed E-state index contributed by atoms with van der Waals surface area (Å²) in [4.78, 5) is 23.6. The number of carbonyl (C=O) groups is 1. The molecule has 0 atom stereocenters. The number of anilines is 1. The highest BCUT2D eigenvalue weighted by Gasteiger charge is 2.27. The van der Waals surface area contributed by atoms with Crippen LogP contribution in [0.3, 0.4) is 0 Å². The average Bonchev–Trinajstić information content (AvgIpc) is 3.23. The number of aromatic nitrogens is 2. The van der Waals surface area contributed by atoms with E-state index in [-0.39, 0.29) is 11.3 Å². The number of thioether (sulfide) groups is 1. The van der Waals surface area contributed by atoms with E-state index in [1.54, 1.807) is 28.6 Å². The van der Waals surface area contributed by atoms with Crippen molar-refractivity contribution in [1.29, 1.82) is 0 Å². The lowest BCUT2D eigenvalue weighted by atomic mass is 10.1. The predicted molar refractivity (Wildman–Crippen MR) is 109 cm³/mol. The number of amides is 1. The second kappa shape index (κ2) is 7.12.